The van der Waals surface area contributed by atoms with Crippen LogP contribution in [-0.4, -0.2) is 4.98 Å². The first-order chi connectivity index (χ1) is 10.3. The maximum absolute atomic E-state index is 11.7. The van der Waals surface area contributed by atoms with Crippen LogP contribution in [-0.2, 0) is 0 Å². The first kappa shape index (κ1) is 19.4. The summed E-state index contributed by atoms with van der Waals surface area (Å²) in [4.78, 5) is 3.43. The summed E-state index contributed by atoms with van der Waals surface area (Å²) in [6.45, 7) is 0. The number of alkyl halides is 2. The molecule has 120 valence electrons. The van der Waals surface area contributed by atoms with Crippen molar-refractivity contribution in [3.05, 3.63) is 78.1 Å². The fraction of sp³-hybridized carbons (Fsp3) is 0.0769. The van der Waals surface area contributed by atoms with E-state index in [-0.39, 0.29) is 5.69 Å². The molecule has 3 nitrogen and oxygen atoms in total. The van der Waals surface area contributed by atoms with E-state index < -0.39 is 18.6 Å². The molecule has 0 aromatic carbocycles. The van der Waals surface area contributed by atoms with Gasteiger partial charge in [-0.3, -0.25) is 4.98 Å². The van der Waals surface area contributed by atoms with Crippen molar-refractivity contribution >= 4 is 0 Å². The molecule has 0 aliphatic carbocycles. The molecule has 0 saturated heterocycles. The standard InChI is InChI=1S/C6H5F2N.C5H5NO.C2F4/c7-6(8)5-3-1-2-4-9-5;7-6-4-2-1-3-5-6;3-1(4)2(5)6/h1-4,6H;1-5H;. The summed E-state index contributed by atoms with van der Waals surface area (Å²) in [6.07, 6.45) is -4.03. The second-order valence-electron chi connectivity index (χ2n) is 3.31. The van der Waals surface area contributed by atoms with E-state index >= 15 is 0 Å². The fourth-order valence-electron chi connectivity index (χ4n) is 0.888. The van der Waals surface area contributed by atoms with Crippen molar-refractivity contribution in [1.82, 2.24) is 4.98 Å². The molecule has 0 bridgehead atoms. The number of pyridine rings is 2. The Bertz CT molecular complexity index is 533. The summed E-state index contributed by atoms with van der Waals surface area (Å²) in [5.41, 5.74) is -0.169. The van der Waals surface area contributed by atoms with E-state index in [0.717, 1.165) is 4.73 Å². The van der Waals surface area contributed by atoms with E-state index in [1.54, 1.807) is 24.3 Å². The Hall–Kier alpha value is -2.58. The van der Waals surface area contributed by atoms with E-state index in [4.69, 9.17) is 0 Å². The minimum atomic E-state index is -2.91. The van der Waals surface area contributed by atoms with Crippen LogP contribution in [0.25, 0.3) is 0 Å². The molecule has 0 spiro atoms. The number of halogens is 6. The highest BCUT2D eigenvalue weighted by Crippen LogP contribution is 2.13. The zero-order valence-corrected chi connectivity index (χ0v) is 10.8. The summed E-state index contributed by atoms with van der Waals surface area (Å²) >= 11 is 0. The molecule has 0 radical (unpaired) electrons. The molecule has 0 atom stereocenters. The Morgan fingerprint density at radius 1 is 0.909 bits per heavy atom. The molecule has 22 heavy (non-hydrogen) atoms. The SMILES string of the molecule is FC(F)=C(F)F.FC(F)c1ccccn1.[O-][n+]1ccccc1. The number of aromatic nitrogens is 2. The molecular weight excluding hydrogens is 314 g/mol. The van der Waals surface area contributed by atoms with E-state index in [1.165, 1.54) is 30.7 Å². The molecular formula is C13H10F6N2O. The first-order valence-electron chi connectivity index (χ1n) is 5.53. The molecule has 0 fully saturated rings. The van der Waals surface area contributed by atoms with Gasteiger partial charge in [-0.15, -0.1) is 0 Å². The van der Waals surface area contributed by atoms with Crippen LogP contribution >= 0.6 is 0 Å². The van der Waals surface area contributed by atoms with Gasteiger partial charge in [0.1, 0.15) is 5.69 Å². The van der Waals surface area contributed by atoms with Gasteiger partial charge in [-0.2, -0.15) is 22.3 Å². The highest BCUT2D eigenvalue weighted by molar-refractivity contribution is 5.03. The molecule has 0 aliphatic heterocycles. The molecule has 2 rings (SSSR count). The predicted molar refractivity (Wildman–Crippen MR) is 66.1 cm³/mol. The first-order valence-corrected chi connectivity index (χ1v) is 5.53. The van der Waals surface area contributed by atoms with Crippen LogP contribution in [0.1, 0.15) is 12.1 Å². The summed E-state index contributed by atoms with van der Waals surface area (Å²) in [5.74, 6) is 0. The normalized spacial score (nSPS) is 9.05. The van der Waals surface area contributed by atoms with E-state index in [1.807, 2.05) is 0 Å². The Kier molecular flexibility index (Phi) is 9.82. The lowest BCUT2D eigenvalue weighted by molar-refractivity contribution is -0.605. The molecule has 9 heteroatoms. The van der Waals surface area contributed by atoms with Gasteiger partial charge in [-0.25, -0.2) is 8.78 Å². The minimum absolute atomic E-state index is 0.169. The second-order valence-corrected chi connectivity index (χ2v) is 3.31. The maximum atomic E-state index is 11.7. The van der Waals surface area contributed by atoms with Crippen LogP contribution in [0.15, 0.2) is 67.2 Å². The van der Waals surface area contributed by atoms with Crippen molar-refractivity contribution in [3.63, 3.8) is 0 Å². The fourth-order valence-corrected chi connectivity index (χ4v) is 0.888. The third-order valence-corrected chi connectivity index (χ3v) is 1.74. The summed E-state index contributed by atoms with van der Waals surface area (Å²) in [5, 5.41) is 10.2. The van der Waals surface area contributed by atoms with Crippen molar-refractivity contribution < 1.29 is 31.1 Å². The topological polar surface area (TPSA) is 39.8 Å². The van der Waals surface area contributed by atoms with Gasteiger partial charge in [0, 0.05) is 18.3 Å². The van der Waals surface area contributed by atoms with Gasteiger partial charge >= 0.3 is 12.2 Å². The maximum Gasteiger partial charge on any atom is 0.334 e. The van der Waals surface area contributed by atoms with Crippen LogP contribution in [0.4, 0.5) is 26.3 Å². The van der Waals surface area contributed by atoms with Crippen molar-refractivity contribution in [2.75, 3.05) is 0 Å². The summed E-state index contributed by atoms with van der Waals surface area (Å²) in [7, 11) is 0. The third kappa shape index (κ3) is 10.2. The Labute approximate surface area is 121 Å². The van der Waals surface area contributed by atoms with Crippen LogP contribution < -0.4 is 4.73 Å². The molecule has 2 heterocycles. The van der Waals surface area contributed by atoms with Gasteiger partial charge in [-0.05, 0) is 12.1 Å². The van der Waals surface area contributed by atoms with Gasteiger partial charge in [0.25, 0.3) is 6.43 Å². The lowest BCUT2D eigenvalue weighted by Gasteiger charge is -1.93. The van der Waals surface area contributed by atoms with Crippen LogP contribution in [0.2, 0.25) is 0 Å². The Morgan fingerprint density at radius 2 is 1.45 bits per heavy atom. The van der Waals surface area contributed by atoms with Gasteiger partial charge < -0.3 is 5.21 Å². The van der Waals surface area contributed by atoms with Crippen molar-refractivity contribution in [2.24, 2.45) is 0 Å². The Balaban J connectivity index is 0.000000309. The van der Waals surface area contributed by atoms with Gasteiger partial charge in [-0.1, -0.05) is 12.1 Å². The van der Waals surface area contributed by atoms with E-state index in [9.17, 15) is 31.5 Å². The zero-order valence-electron chi connectivity index (χ0n) is 10.8. The highest BCUT2D eigenvalue weighted by atomic mass is 19.3. The van der Waals surface area contributed by atoms with Crippen LogP contribution in [0, 0.1) is 5.21 Å². The average molecular weight is 324 g/mol. The van der Waals surface area contributed by atoms with Gasteiger partial charge in [0.2, 0.25) is 0 Å². The van der Waals surface area contributed by atoms with E-state index in [0.29, 0.717) is 0 Å². The average Bonchev–Trinajstić information content (AvgIpc) is 2.50. The molecule has 0 amide bonds. The van der Waals surface area contributed by atoms with Gasteiger partial charge in [0.15, 0.2) is 12.4 Å². The van der Waals surface area contributed by atoms with Crippen LogP contribution in [0.3, 0.4) is 0 Å². The van der Waals surface area contributed by atoms with Crippen molar-refractivity contribution in [1.29, 1.82) is 0 Å². The highest BCUT2D eigenvalue weighted by Gasteiger charge is 2.04. The summed E-state index contributed by atoms with van der Waals surface area (Å²) in [6, 6.07) is 9.61. The number of hydrogen-bond acceptors (Lipinski definition) is 2. The molecule has 0 aliphatic rings. The van der Waals surface area contributed by atoms with E-state index in [2.05, 4.69) is 4.98 Å². The minimum Gasteiger partial charge on any atom is -0.619 e. The number of nitrogens with zero attached hydrogens (tertiary/aromatic N) is 2. The smallest absolute Gasteiger partial charge is 0.334 e. The zero-order chi connectivity index (χ0) is 17.0. The molecule has 2 aromatic heterocycles. The number of rotatable bonds is 1. The molecule has 0 N–H and O–H groups in total. The lowest BCUT2D eigenvalue weighted by Crippen LogP contribution is -2.22. The quantitative estimate of drug-likeness (QED) is 0.445. The molecule has 2 aromatic rings. The molecule has 0 saturated carbocycles. The monoisotopic (exact) mass is 324 g/mol. The number of hydrogen-bond donors (Lipinski definition) is 0. The molecule has 0 unspecified atom stereocenters. The lowest BCUT2D eigenvalue weighted by atomic mass is 10.4. The van der Waals surface area contributed by atoms with Crippen molar-refractivity contribution in [2.45, 2.75) is 6.43 Å². The predicted octanol–water partition coefficient (Wildman–Crippen LogP) is 4.33. The van der Waals surface area contributed by atoms with Gasteiger partial charge in [0.05, 0.1) is 0 Å². The third-order valence-electron chi connectivity index (χ3n) is 1.74. The largest absolute Gasteiger partial charge is 0.619 e. The Morgan fingerprint density at radius 3 is 1.68 bits per heavy atom. The van der Waals surface area contributed by atoms with Crippen molar-refractivity contribution in [3.8, 4) is 0 Å². The summed E-state index contributed by atoms with van der Waals surface area (Å²) < 4.78 is 65.3. The second kappa shape index (κ2) is 11.1. The van der Waals surface area contributed by atoms with Crippen LogP contribution in [0.5, 0.6) is 0 Å².